The predicted molar refractivity (Wildman–Crippen MR) is 134 cm³/mol. The highest BCUT2D eigenvalue weighted by molar-refractivity contribution is 9.10. The van der Waals surface area contributed by atoms with E-state index in [2.05, 4.69) is 20.9 Å². The second-order valence-electron chi connectivity index (χ2n) is 7.84. The van der Waals surface area contributed by atoms with Crippen LogP contribution < -0.4 is 14.9 Å². The van der Waals surface area contributed by atoms with Crippen molar-refractivity contribution >= 4 is 45.0 Å². The Bertz CT molecular complexity index is 1570. The smallest absolute Gasteiger partial charge is 0.338 e. The predicted octanol–water partition coefficient (Wildman–Crippen LogP) is 3.48. The van der Waals surface area contributed by atoms with Crippen molar-refractivity contribution in [2.45, 2.75) is 26.8 Å². The first-order chi connectivity index (χ1) is 16.6. The molecule has 1 aromatic heterocycles. The number of aromatic nitrogens is 1. The lowest BCUT2D eigenvalue weighted by atomic mass is 9.95. The van der Waals surface area contributed by atoms with Gasteiger partial charge >= 0.3 is 11.7 Å². The number of phenolic OH excluding ortho intramolecular Hbond substituents is 1. The van der Waals surface area contributed by atoms with Gasteiger partial charge in [0.05, 0.1) is 37.8 Å². The Kier molecular flexibility index (Phi) is 6.73. The third-order valence-electron chi connectivity index (χ3n) is 5.47. The fourth-order valence-electron chi connectivity index (χ4n) is 3.83. The average Bonchev–Trinajstić information content (AvgIpc) is 3.10. The summed E-state index contributed by atoms with van der Waals surface area (Å²) in [5.41, 5.74) is 1.93. The highest BCUT2D eigenvalue weighted by atomic mass is 79.9. The summed E-state index contributed by atoms with van der Waals surface area (Å²) in [6, 6.07) is 9.44. The van der Waals surface area contributed by atoms with Gasteiger partial charge in [-0.2, -0.15) is 0 Å². The van der Waals surface area contributed by atoms with Crippen molar-refractivity contribution in [1.29, 1.82) is 0 Å². The van der Waals surface area contributed by atoms with Crippen LogP contribution in [-0.2, 0) is 9.53 Å². The van der Waals surface area contributed by atoms with E-state index in [0.29, 0.717) is 16.1 Å². The van der Waals surface area contributed by atoms with Gasteiger partial charge in [0.25, 0.3) is 5.56 Å². The normalized spacial score (nSPS) is 15.5. The number of aryl methyl sites for hydroxylation is 1. The quantitative estimate of drug-likeness (QED) is 0.291. The van der Waals surface area contributed by atoms with Crippen molar-refractivity contribution in [1.82, 2.24) is 4.57 Å². The van der Waals surface area contributed by atoms with Crippen molar-refractivity contribution in [2.75, 3.05) is 6.61 Å². The summed E-state index contributed by atoms with van der Waals surface area (Å²) in [6.45, 7) is 5.52. The number of thiazole rings is 1. The number of nitrogens with zero attached hydrogens (tertiary/aromatic N) is 3. The number of nitro groups is 1. The van der Waals surface area contributed by atoms with Gasteiger partial charge in [-0.1, -0.05) is 41.2 Å². The van der Waals surface area contributed by atoms with Crippen LogP contribution in [0.3, 0.4) is 0 Å². The fourth-order valence-corrected chi connectivity index (χ4v) is 5.35. The molecule has 0 unspecified atom stereocenters. The molecule has 0 amide bonds. The lowest BCUT2D eigenvalue weighted by Gasteiger charge is -2.24. The molecule has 0 bridgehead atoms. The zero-order valence-electron chi connectivity index (χ0n) is 18.9. The van der Waals surface area contributed by atoms with Gasteiger partial charge in [0.2, 0.25) is 5.75 Å². The Morgan fingerprint density at radius 2 is 2.00 bits per heavy atom. The number of rotatable bonds is 5. The minimum atomic E-state index is -0.742. The van der Waals surface area contributed by atoms with Gasteiger partial charge in [-0.05, 0) is 60.0 Å². The van der Waals surface area contributed by atoms with E-state index in [1.807, 2.05) is 31.2 Å². The second kappa shape index (κ2) is 9.59. The van der Waals surface area contributed by atoms with Gasteiger partial charge in [0, 0.05) is 6.07 Å². The molecule has 0 spiro atoms. The Balaban J connectivity index is 1.96. The molecule has 9 nitrogen and oxygen atoms in total. The van der Waals surface area contributed by atoms with E-state index >= 15 is 0 Å². The van der Waals surface area contributed by atoms with Gasteiger partial charge in [-0.25, -0.2) is 9.79 Å². The number of halogens is 1. The standard InChI is InChI=1S/C24H20BrN3O6S/c1-4-34-23(31)19-13(3)26-24-27(20(19)15-7-5-12(2)6-8-15)22(30)18(35-24)11-14-9-16(25)21(29)17(10-14)28(32)33/h5-11,20,29H,4H2,1-3H3/b18-11+/t20-/m0/s1. The molecule has 11 heteroatoms. The molecule has 0 radical (unpaired) electrons. The maximum atomic E-state index is 13.6. The first-order valence-electron chi connectivity index (χ1n) is 10.6. The number of phenols is 1. The van der Waals surface area contributed by atoms with Crippen LogP contribution in [0.25, 0.3) is 6.08 Å². The lowest BCUT2D eigenvalue weighted by Crippen LogP contribution is -2.39. The Labute approximate surface area is 211 Å². The van der Waals surface area contributed by atoms with Gasteiger partial charge in [-0.3, -0.25) is 19.5 Å². The number of carbonyl (C=O) groups is 1. The van der Waals surface area contributed by atoms with Gasteiger partial charge in [-0.15, -0.1) is 0 Å². The SMILES string of the molecule is CCOC(=O)C1=C(C)N=c2s/c(=C/c3cc(Br)c(O)c([N+](=O)[O-])c3)c(=O)n2[C@H]1c1ccc(C)cc1. The van der Waals surface area contributed by atoms with Crippen molar-refractivity contribution < 1.29 is 19.6 Å². The van der Waals surface area contributed by atoms with Crippen LogP contribution in [0, 0.1) is 17.0 Å². The van der Waals surface area contributed by atoms with E-state index in [1.165, 1.54) is 22.8 Å². The molecule has 180 valence electrons. The van der Waals surface area contributed by atoms with E-state index in [1.54, 1.807) is 13.8 Å². The number of carbonyl (C=O) groups excluding carboxylic acids is 1. The van der Waals surface area contributed by atoms with E-state index in [4.69, 9.17) is 4.74 Å². The molecule has 35 heavy (non-hydrogen) atoms. The molecule has 1 aliphatic heterocycles. The monoisotopic (exact) mass is 557 g/mol. The third kappa shape index (κ3) is 4.56. The number of nitro benzene ring substituents is 1. The highest BCUT2D eigenvalue weighted by Gasteiger charge is 2.33. The van der Waals surface area contributed by atoms with Crippen LogP contribution >= 0.6 is 27.3 Å². The molecular weight excluding hydrogens is 538 g/mol. The zero-order chi connectivity index (χ0) is 25.4. The van der Waals surface area contributed by atoms with Crippen molar-refractivity contribution in [2.24, 2.45) is 4.99 Å². The first-order valence-corrected chi connectivity index (χ1v) is 12.2. The molecule has 1 N–H and O–H groups in total. The molecule has 0 saturated heterocycles. The number of aromatic hydroxyl groups is 1. The molecular formula is C24H20BrN3O6S. The molecule has 0 aliphatic carbocycles. The number of allylic oxidation sites excluding steroid dienone is 1. The topological polar surface area (TPSA) is 124 Å². The zero-order valence-corrected chi connectivity index (χ0v) is 21.3. The number of ether oxygens (including phenoxy) is 1. The van der Waals surface area contributed by atoms with Crippen LogP contribution in [0.4, 0.5) is 5.69 Å². The molecule has 1 atom stereocenters. The summed E-state index contributed by atoms with van der Waals surface area (Å²) in [5.74, 6) is -1.05. The van der Waals surface area contributed by atoms with E-state index in [9.17, 15) is 24.8 Å². The van der Waals surface area contributed by atoms with Gasteiger partial charge in [0.1, 0.15) is 0 Å². The van der Waals surface area contributed by atoms with Crippen LogP contribution in [-0.4, -0.2) is 27.2 Å². The molecule has 0 fully saturated rings. The largest absolute Gasteiger partial charge is 0.501 e. The summed E-state index contributed by atoms with van der Waals surface area (Å²) < 4.78 is 7.12. The molecule has 3 aromatic rings. The minimum absolute atomic E-state index is 0.128. The van der Waals surface area contributed by atoms with Gasteiger partial charge in [0.15, 0.2) is 4.80 Å². The summed E-state index contributed by atoms with van der Waals surface area (Å²) in [5, 5.41) is 21.3. The molecule has 0 saturated carbocycles. The molecule has 2 heterocycles. The van der Waals surface area contributed by atoms with E-state index in [-0.39, 0.29) is 21.2 Å². The summed E-state index contributed by atoms with van der Waals surface area (Å²) in [7, 11) is 0. The lowest BCUT2D eigenvalue weighted by molar-refractivity contribution is -0.386. The van der Waals surface area contributed by atoms with E-state index < -0.39 is 33.9 Å². The number of esters is 1. The summed E-state index contributed by atoms with van der Waals surface area (Å²) >= 11 is 4.22. The van der Waals surface area contributed by atoms with Gasteiger partial charge < -0.3 is 9.84 Å². The van der Waals surface area contributed by atoms with E-state index in [0.717, 1.165) is 22.5 Å². The average molecular weight is 558 g/mol. The fraction of sp³-hybridized carbons (Fsp3) is 0.208. The molecule has 2 aromatic carbocycles. The van der Waals surface area contributed by atoms with Crippen molar-refractivity contribution in [3.05, 3.63) is 98.6 Å². The van der Waals surface area contributed by atoms with Crippen molar-refractivity contribution in [3.63, 3.8) is 0 Å². The second-order valence-corrected chi connectivity index (χ2v) is 9.70. The minimum Gasteiger partial charge on any atom is -0.501 e. The number of hydrogen-bond donors (Lipinski definition) is 1. The summed E-state index contributed by atoms with van der Waals surface area (Å²) in [4.78, 5) is 42.0. The third-order valence-corrected chi connectivity index (χ3v) is 7.06. The Morgan fingerprint density at radius 3 is 2.63 bits per heavy atom. The van der Waals surface area contributed by atoms with Crippen LogP contribution in [0.5, 0.6) is 5.75 Å². The van der Waals surface area contributed by atoms with Crippen LogP contribution in [0.2, 0.25) is 0 Å². The summed E-state index contributed by atoms with van der Waals surface area (Å²) in [6.07, 6.45) is 1.50. The molecule has 1 aliphatic rings. The maximum absolute atomic E-state index is 13.6. The van der Waals surface area contributed by atoms with Crippen LogP contribution in [0.1, 0.15) is 36.6 Å². The Morgan fingerprint density at radius 1 is 1.31 bits per heavy atom. The number of benzene rings is 2. The highest BCUT2D eigenvalue weighted by Crippen LogP contribution is 2.35. The number of fused-ring (bicyclic) bond motifs is 1. The van der Waals surface area contributed by atoms with Crippen LogP contribution in [0.15, 0.2) is 61.9 Å². The van der Waals surface area contributed by atoms with Crippen molar-refractivity contribution in [3.8, 4) is 5.75 Å². The first kappa shape index (κ1) is 24.6. The number of hydrogen-bond acceptors (Lipinski definition) is 8. The molecule has 4 rings (SSSR count). The Hall–Kier alpha value is -3.57. The maximum Gasteiger partial charge on any atom is 0.338 e.